The van der Waals surface area contributed by atoms with Crippen molar-refractivity contribution in [2.45, 2.75) is 12.8 Å². The number of rotatable bonds is 8. The van der Waals surface area contributed by atoms with Crippen LogP contribution < -0.4 is 14.8 Å². The van der Waals surface area contributed by atoms with Gasteiger partial charge in [-0.1, -0.05) is 6.07 Å². The number of benzene rings is 1. The van der Waals surface area contributed by atoms with Crippen LogP contribution in [0.25, 0.3) is 0 Å². The lowest BCUT2D eigenvalue weighted by Crippen LogP contribution is -2.20. The molecule has 1 N–H and O–H groups in total. The highest BCUT2D eigenvalue weighted by Gasteiger charge is 2.04. The van der Waals surface area contributed by atoms with E-state index in [2.05, 4.69) is 28.5 Å². The zero-order valence-corrected chi connectivity index (χ0v) is 12.6. The molecule has 1 heterocycles. The Morgan fingerprint density at radius 2 is 1.52 bits per heavy atom. The highest BCUT2D eigenvalue weighted by Crippen LogP contribution is 2.27. The summed E-state index contributed by atoms with van der Waals surface area (Å²) in [5.41, 5.74) is 2.55. The van der Waals surface area contributed by atoms with E-state index in [1.165, 1.54) is 11.1 Å². The number of methoxy groups -OCH3 is 2. The van der Waals surface area contributed by atoms with E-state index in [-0.39, 0.29) is 0 Å². The second-order valence-electron chi connectivity index (χ2n) is 4.79. The topological polar surface area (TPSA) is 43.4 Å². The maximum atomic E-state index is 5.31. The SMILES string of the molecule is COc1ccc(CCNCCc2ccncc2)cc1OC. The van der Waals surface area contributed by atoms with Crippen LogP contribution in [0, 0.1) is 0 Å². The first-order valence-corrected chi connectivity index (χ1v) is 7.14. The van der Waals surface area contributed by atoms with Gasteiger partial charge in [-0.25, -0.2) is 0 Å². The van der Waals surface area contributed by atoms with Gasteiger partial charge in [0.05, 0.1) is 14.2 Å². The fraction of sp³-hybridized carbons (Fsp3) is 0.353. The Bertz CT molecular complexity index is 544. The fourth-order valence-corrected chi connectivity index (χ4v) is 2.18. The molecule has 21 heavy (non-hydrogen) atoms. The number of hydrogen-bond acceptors (Lipinski definition) is 4. The number of aromatic nitrogens is 1. The second-order valence-corrected chi connectivity index (χ2v) is 4.79. The van der Waals surface area contributed by atoms with Gasteiger partial charge in [0.15, 0.2) is 11.5 Å². The summed E-state index contributed by atoms with van der Waals surface area (Å²) in [4.78, 5) is 4.02. The Hall–Kier alpha value is -2.07. The van der Waals surface area contributed by atoms with E-state index in [1.54, 1.807) is 14.2 Å². The Morgan fingerprint density at radius 3 is 2.19 bits per heavy atom. The molecule has 4 heteroatoms. The molecule has 0 saturated carbocycles. The first-order valence-electron chi connectivity index (χ1n) is 7.14. The van der Waals surface area contributed by atoms with Gasteiger partial charge in [-0.2, -0.15) is 0 Å². The van der Waals surface area contributed by atoms with Crippen LogP contribution in [0.5, 0.6) is 11.5 Å². The molecule has 0 radical (unpaired) electrons. The molecular formula is C17H22N2O2. The molecular weight excluding hydrogens is 264 g/mol. The minimum absolute atomic E-state index is 0.770. The summed E-state index contributed by atoms with van der Waals surface area (Å²) < 4.78 is 10.5. The van der Waals surface area contributed by atoms with Crippen molar-refractivity contribution in [3.63, 3.8) is 0 Å². The van der Waals surface area contributed by atoms with E-state index >= 15 is 0 Å². The Balaban J connectivity index is 1.73. The lowest BCUT2D eigenvalue weighted by Gasteiger charge is -2.10. The lowest BCUT2D eigenvalue weighted by molar-refractivity contribution is 0.354. The summed E-state index contributed by atoms with van der Waals surface area (Å²) in [6.45, 7) is 1.91. The van der Waals surface area contributed by atoms with E-state index in [0.717, 1.165) is 37.4 Å². The minimum Gasteiger partial charge on any atom is -0.493 e. The average molecular weight is 286 g/mol. The molecule has 112 valence electrons. The molecule has 0 saturated heterocycles. The zero-order chi connectivity index (χ0) is 14.9. The molecule has 0 aliphatic carbocycles. The van der Waals surface area contributed by atoms with Crippen molar-refractivity contribution in [1.82, 2.24) is 10.3 Å². The standard InChI is InChI=1S/C17H22N2O2/c1-20-16-4-3-15(13-17(16)21-2)8-12-19-11-7-14-5-9-18-10-6-14/h3-6,9-10,13,19H,7-8,11-12H2,1-2H3. The van der Waals surface area contributed by atoms with Crippen molar-refractivity contribution in [3.05, 3.63) is 53.9 Å². The van der Waals surface area contributed by atoms with Gasteiger partial charge in [0.25, 0.3) is 0 Å². The van der Waals surface area contributed by atoms with Crippen molar-refractivity contribution in [1.29, 1.82) is 0 Å². The Kier molecular flexibility index (Phi) is 6.03. The third-order valence-electron chi connectivity index (χ3n) is 3.38. The van der Waals surface area contributed by atoms with Gasteiger partial charge in [0.2, 0.25) is 0 Å². The van der Waals surface area contributed by atoms with Gasteiger partial charge >= 0.3 is 0 Å². The number of pyridine rings is 1. The van der Waals surface area contributed by atoms with Crippen LogP contribution in [-0.2, 0) is 12.8 Å². The van der Waals surface area contributed by atoms with Crippen LogP contribution in [0.1, 0.15) is 11.1 Å². The van der Waals surface area contributed by atoms with Crippen LogP contribution in [-0.4, -0.2) is 32.3 Å². The Morgan fingerprint density at radius 1 is 0.857 bits per heavy atom. The van der Waals surface area contributed by atoms with Crippen molar-refractivity contribution in [2.75, 3.05) is 27.3 Å². The van der Waals surface area contributed by atoms with Crippen molar-refractivity contribution >= 4 is 0 Å². The molecule has 0 fully saturated rings. The van der Waals surface area contributed by atoms with Crippen molar-refractivity contribution < 1.29 is 9.47 Å². The fourth-order valence-electron chi connectivity index (χ4n) is 2.18. The van der Waals surface area contributed by atoms with Crippen LogP contribution in [0.2, 0.25) is 0 Å². The van der Waals surface area contributed by atoms with E-state index in [4.69, 9.17) is 9.47 Å². The van der Waals surface area contributed by atoms with Gasteiger partial charge in [0.1, 0.15) is 0 Å². The first kappa shape index (κ1) is 15.3. The highest BCUT2D eigenvalue weighted by atomic mass is 16.5. The van der Waals surface area contributed by atoms with Gasteiger partial charge in [-0.3, -0.25) is 4.98 Å². The largest absolute Gasteiger partial charge is 0.493 e. The van der Waals surface area contributed by atoms with Crippen molar-refractivity contribution in [2.24, 2.45) is 0 Å². The molecule has 0 spiro atoms. The maximum absolute atomic E-state index is 5.31. The zero-order valence-electron chi connectivity index (χ0n) is 12.6. The molecule has 2 rings (SSSR count). The van der Waals surface area contributed by atoms with Gasteiger partial charge in [-0.15, -0.1) is 0 Å². The third-order valence-corrected chi connectivity index (χ3v) is 3.38. The molecule has 0 amide bonds. The van der Waals surface area contributed by atoms with Crippen LogP contribution in [0.3, 0.4) is 0 Å². The van der Waals surface area contributed by atoms with Gasteiger partial charge in [0, 0.05) is 12.4 Å². The van der Waals surface area contributed by atoms with Gasteiger partial charge in [-0.05, 0) is 61.3 Å². The molecule has 0 atom stereocenters. The number of hydrogen-bond donors (Lipinski definition) is 1. The number of ether oxygens (including phenoxy) is 2. The summed E-state index contributed by atoms with van der Waals surface area (Å²) >= 11 is 0. The normalized spacial score (nSPS) is 10.4. The number of nitrogens with zero attached hydrogens (tertiary/aromatic N) is 1. The minimum atomic E-state index is 0.770. The summed E-state index contributed by atoms with van der Waals surface area (Å²) in [5.74, 6) is 1.55. The molecule has 1 aromatic carbocycles. The molecule has 1 aromatic heterocycles. The van der Waals surface area contributed by atoms with Crippen LogP contribution in [0.15, 0.2) is 42.7 Å². The van der Waals surface area contributed by atoms with E-state index in [9.17, 15) is 0 Å². The third kappa shape index (κ3) is 4.76. The summed E-state index contributed by atoms with van der Waals surface area (Å²) in [6.07, 6.45) is 5.66. The molecule has 0 bridgehead atoms. The highest BCUT2D eigenvalue weighted by molar-refractivity contribution is 5.42. The van der Waals surface area contributed by atoms with E-state index in [1.807, 2.05) is 24.5 Å². The maximum Gasteiger partial charge on any atom is 0.160 e. The molecule has 0 aliphatic heterocycles. The van der Waals surface area contributed by atoms with Crippen LogP contribution >= 0.6 is 0 Å². The lowest BCUT2D eigenvalue weighted by atomic mass is 10.1. The summed E-state index contributed by atoms with van der Waals surface area (Å²) in [6, 6.07) is 10.2. The molecule has 0 unspecified atom stereocenters. The second kappa shape index (κ2) is 8.27. The quantitative estimate of drug-likeness (QED) is 0.757. The summed E-state index contributed by atoms with van der Waals surface area (Å²) in [5, 5.41) is 3.46. The Labute approximate surface area is 126 Å². The van der Waals surface area contributed by atoms with Crippen molar-refractivity contribution in [3.8, 4) is 11.5 Å². The number of nitrogens with one attached hydrogen (secondary N) is 1. The molecule has 2 aromatic rings. The molecule has 4 nitrogen and oxygen atoms in total. The van der Waals surface area contributed by atoms with Gasteiger partial charge < -0.3 is 14.8 Å². The predicted octanol–water partition coefficient (Wildman–Crippen LogP) is 2.47. The molecule has 0 aliphatic rings. The first-order chi connectivity index (χ1) is 10.3. The average Bonchev–Trinajstić information content (AvgIpc) is 2.55. The summed E-state index contributed by atoms with van der Waals surface area (Å²) in [7, 11) is 3.31. The van der Waals surface area contributed by atoms with E-state index < -0.39 is 0 Å². The van der Waals surface area contributed by atoms with E-state index in [0.29, 0.717) is 0 Å². The predicted molar refractivity (Wildman–Crippen MR) is 84.1 cm³/mol. The monoisotopic (exact) mass is 286 g/mol. The van der Waals surface area contributed by atoms with Crippen LogP contribution in [0.4, 0.5) is 0 Å². The smallest absolute Gasteiger partial charge is 0.160 e.